The van der Waals surface area contributed by atoms with Crippen molar-refractivity contribution >= 4 is 17.7 Å². The number of aliphatic hydroxyl groups excluding tert-OH is 11. The number of nitrogens with one attached hydrogen (secondary N) is 3. The van der Waals surface area contributed by atoms with Crippen molar-refractivity contribution in [2.75, 3.05) is 26.4 Å². The molecule has 54 heavy (non-hydrogen) atoms. The summed E-state index contributed by atoms with van der Waals surface area (Å²) >= 11 is 0. The predicted octanol–water partition coefficient (Wildman–Crippen LogP) is -9.32. The fraction of sp³-hybridized carbons (Fsp3) is 0.900. The first-order chi connectivity index (χ1) is 25.5. The molecule has 24 heteroatoms. The summed E-state index contributed by atoms with van der Waals surface area (Å²) in [6, 6.07) is -4.64. The van der Waals surface area contributed by atoms with E-state index in [0.29, 0.717) is 0 Å². The zero-order valence-electron chi connectivity index (χ0n) is 29.4. The molecular weight excluding hydrogens is 738 g/mol. The number of carbonyl (C=O) groups excluding carboxylic acids is 3. The quantitative estimate of drug-likeness (QED) is 0.0823. The summed E-state index contributed by atoms with van der Waals surface area (Å²) in [7, 11) is 0. The van der Waals surface area contributed by atoms with Gasteiger partial charge in [0.1, 0.15) is 97.5 Å². The predicted molar refractivity (Wildman–Crippen MR) is 169 cm³/mol. The Morgan fingerprint density at radius 2 is 0.778 bits per heavy atom. The van der Waals surface area contributed by atoms with E-state index in [2.05, 4.69) is 16.0 Å². The van der Waals surface area contributed by atoms with E-state index < -0.39 is 167 Å². The molecule has 4 rings (SSSR count). The lowest BCUT2D eigenvalue weighted by Gasteiger charge is -2.50. The summed E-state index contributed by atoms with van der Waals surface area (Å²) in [6.45, 7) is -0.198. The molecule has 0 spiro atoms. The Hall–Kier alpha value is -2.31. The molecule has 24 nitrogen and oxygen atoms in total. The molecule has 0 aliphatic carbocycles. The minimum Gasteiger partial charge on any atom is -0.394 e. The van der Waals surface area contributed by atoms with Crippen LogP contribution < -0.4 is 16.0 Å². The molecule has 4 aliphatic rings. The molecule has 312 valence electrons. The van der Waals surface area contributed by atoms with E-state index in [0.717, 1.165) is 20.8 Å². The van der Waals surface area contributed by atoms with Crippen molar-refractivity contribution < 1.29 is 104 Å². The van der Waals surface area contributed by atoms with Crippen molar-refractivity contribution in [3.63, 3.8) is 0 Å². The first kappa shape index (κ1) is 44.4. The summed E-state index contributed by atoms with van der Waals surface area (Å²) in [5, 5.41) is 122. The average Bonchev–Trinajstić information content (AvgIpc) is 3.12. The molecule has 14 N–H and O–H groups in total. The minimum absolute atomic E-state index is 0.661. The summed E-state index contributed by atoms with van der Waals surface area (Å²) in [4.78, 5) is 36.3. The molecule has 3 amide bonds. The van der Waals surface area contributed by atoms with E-state index in [4.69, 9.17) is 33.2 Å². The minimum atomic E-state index is -1.92. The third-order valence-corrected chi connectivity index (χ3v) is 9.41. The molecule has 4 heterocycles. The molecule has 20 atom stereocenters. The van der Waals surface area contributed by atoms with Crippen LogP contribution in [0.2, 0.25) is 0 Å². The molecule has 0 radical (unpaired) electrons. The van der Waals surface area contributed by atoms with Crippen molar-refractivity contribution in [1.29, 1.82) is 0 Å². The Labute approximate surface area is 307 Å². The maximum atomic E-state index is 12.3. The molecule has 0 aromatic rings. The second-order valence-electron chi connectivity index (χ2n) is 13.3. The number of amides is 3. The van der Waals surface area contributed by atoms with Gasteiger partial charge in [-0.1, -0.05) is 0 Å². The van der Waals surface area contributed by atoms with Gasteiger partial charge in [-0.05, 0) is 0 Å². The average molecular weight is 790 g/mol. The Morgan fingerprint density at radius 3 is 1.17 bits per heavy atom. The third-order valence-electron chi connectivity index (χ3n) is 9.41. The van der Waals surface area contributed by atoms with Gasteiger partial charge in [0.15, 0.2) is 25.2 Å². The Balaban J connectivity index is 1.59. The molecule has 4 aliphatic heterocycles. The van der Waals surface area contributed by atoms with E-state index in [-0.39, 0.29) is 0 Å². The van der Waals surface area contributed by atoms with Crippen LogP contribution >= 0.6 is 0 Å². The van der Waals surface area contributed by atoms with Crippen LogP contribution in [0, 0.1) is 0 Å². The van der Waals surface area contributed by atoms with E-state index in [1.165, 1.54) is 0 Å². The van der Waals surface area contributed by atoms with Gasteiger partial charge >= 0.3 is 0 Å². The first-order valence-corrected chi connectivity index (χ1v) is 17.1. The monoisotopic (exact) mass is 789 g/mol. The van der Waals surface area contributed by atoms with Crippen molar-refractivity contribution in [1.82, 2.24) is 16.0 Å². The van der Waals surface area contributed by atoms with Crippen molar-refractivity contribution in [2.24, 2.45) is 0 Å². The summed E-state index contributed by atoms with van der Waals surface area (Å²) in [6.07, 6.45) is -29.0. The van der Waals surface area contributed by atoms with Crippen molar-refractivity contribution in [2.45, 2.75) is 143 Å². The zero-order valence-corrected chi connectivity index (χ0v) is 29.4. The van der Waals surface area contributed by atoms with Gasteiger partial charge in [-0.3, -0.25) is 14.4 Å². The molecule has 4 fully saturated rings. The highest BCUT2D eigenvalue weighted by Crippen LogP contribution is 2.34. The van der Waals surface area contributed by atoms with Crippen LogP contribution in [0.1, 0.15) is 20.8 Å². The molecule has 0 saturated carbocycles. The summed E-state index contributed by atoms with van der Waals surface area (Å²) < 4.78 is 39.9. The fourth-order valence-corrected chi connectivity index (χ4v) is 6.76. The van der Waals surface area contributed by atoms with Crippen LogP contribution in [0.3, 0.4) is 0 Å². The van der Waals surface area contributed by atoms with E-state index >= 15 is 0 Å². The fourth-order valence-electron chi connectivity index (χ4n) is 6.76. The van der Waals surface area contributed by atoms with Gasteiger partial charge in [0.2, 0.25) is 17.7 Å². The molecule has 0 aromatic carbocycles. The number of ether oxygens (including phenoxy) is 7. The maximum absolute atomic E-state index is 12.3. The van der Waals surface area contributed by atoms with E-state index in [9.17, 15) is 70.6 Å². The highest BCUT2D eigenvalue weighted by molar-refractivity contribution is 5.74. The topological polar surface area (TPSA) is 374 Å². The lowest BCUT2D eigenvalue weighted by molar-refractivity contribution is -0.367. The van der Waals surface area contributed by atoms with Crippen LogP contribution in [0.15, 0.2) is 0 Å². The van der Waals surface area contributed by atoms with Crippen LogP contribution in [0.25, 0.3) is 0 Å². The molecule has 0 aromatic heterocycles. The van der Waals surface area contributed by atoms with Gasteiger partial charge in [-0.2, -0.15) is 0 Å². The van der Waals surface area contributed by atoms with Gasteiger partial charge in [-0.15, -0.1) is 0 Å². The maximum Gasteiger partial charge on any atom is 0.217 e. The highest BCUT2D eigenvalue weighted by atomic mass is 16.8. The first-order valence-electron chi connectivity index (χ1n) is 17.1. The molecule has 2 unspecified atom stereocenters. The standard InChI is InChI=1S/C30H51N3O21/c1-8(38)31-15-19(42)24(12(5-35)48-27(15)47)52-28-16(32-9(2)39)20(43)25(13(6-36)50-28)53-29-17(33-10(3)40)21(44)26(14(7-37)51-29)54-30-23(46)22(45)18(41)11(4-34)49-30/h11-30,34-37,41-47H,4-7H2,1-3H3,(H,31,38)(H,32,39)(H,33,40)/t11-,12-,13-,14-,15-,16-,17-,18+,19-,20-,21-,22+,23-,24-,25-,26-,27?,28?,29+,30+/m1/s1. The van der Waals surface area contributed by atoms with Crippen LogP contribution in [0.4, 0.5) is 0 Å². The van der Waals surface area contributed by atoms with Gasteiger partial charge in [0.05, 0.1) is 26.4 Å². The smallest absolute Gasteiger partial charge is 0.217 e. The van der Waals surface area contributed by atoms with Crippen molar-refractivity contribution in [3.8, 4) is 0 Å². The Bertz CT molecular complexity index is 1250. The van der Waals surface area contributed by atoms with E-state index in [1.54, 1.807) is 0 Å². The molecular formula is C30H51N3O21. The SMILES string of the molecule is CC(=O)N[C@H]1[C@H](O[C@H]2[C@H](O)[C@@H](NC(C)=O)C(O[C@H]3[C@H](O)[C@@H](NC(C)=O)C(O)O[C@@H]3CO)O[C@@H]2CO)O[C@H](CO)[C@@H](O[C@@H]2O[C@H](CO)[C@H](O)[C@H](O)[C@H]2O)[C@@H]1O. The largest absolute Gasteiger partial charge is 0.394 e. The Kier molecular flexibility index (Phi) is 15.8. The van der Waals surface area contributed by atoms with Crippen LogP contribution in [-0.4, -0.2) is 223 Å². The second-order valence-corrected chi connectivity index (χ2v) is 13.3. The van der Waals surface area contributed by atoms with E-state index in [1.807, 2.05) is 0 Å². The summed E-state index contributed by atoms with van der Waals surface area (Å²) in [5.74, 6) is -2.15. The highest BCUT2D eigenvalue weighted by Gasteiger charge is 2.56. The van der Waals surface area contributed by atoms with Gasteiger partial charge in [0.25, 0.3) is 0 Å². The lowest BCUT2D eigenvalue weighted by Crippen LogP contribution is -2.71. The van der Waals surface area contributed by atoms with Crippen molar-refractivity contribution in [3.05, 3.63) is 0 Å². The van der Waals surface area contributed by atoms with Gasteiger partial charge in [-0.25, -0.2) is 0 Å². The summed E-state index contributed by atoms with van der Waals surface area (Å²) in [5.41, 5.74) is 0. The lowest BCUT2D eigenvalue weighted by atomic mass is 9.93. The van der Waals surface area contributed by atoms with Gasteiger partial charge in [0, 0.05) is 20.8 Å². The number of rotatable bonds is 13. The molecule has 0 bridgehead atoms. The van der Waals surface area contributed by atoms with Gasteiger partial charge < -0.3 is 105 Å². The Morgan fingerprint density at radius 1 is 0.444 bits per heavy atom. The number of hydrogen-bond donors (Lipinski definition) is 14. The third kappa shape index (κ3) is 9.79. The number of aliphatic hydroxyl groups is 11. The zero-order chi connectivity index (χ0) is 40.2. The van der Waals surface area contributed by atoms with Crippen LogP contribution in [-0.2, 0) is 47.5 Å². The van der Waals surface area contributed by atoms with Crippen LogP contribution in [0.5, 0.6) is 0 Å². The molecule has 4 saturated heterocycles. The number of hydrogen-bond acceptors (Lipinski definition) is 21. The number of carbonyl (C=O) groups is 3. The normalized spacial score (nSPS) is 45.7. The second kappa shape index (κ2) is 19.2.